The molecule has 3 aromatic heterocycles. The second-order valence-electron chi connectivity index (χ2n) is 3.64. The first kappa shape index (κ1) is 10.7. The van der Waals surface area contributed by atoms with Gasteiger partial charge in [-0.25, -0.2) is 9.78 Å². The fourth-order valence-electron chi connectivity index (χ4n) is 1.69. The molecule has 0 radical (unpaired) electrons. The van der Waals surface area contributed by atoms with Gasteiger partial charge in [-0.2, -0.15) is 9.61 Å². The number of hydrogen-bond donors (Lipinski definition) is 2. The van der Waals surface area contributed by atoms with Crippen molar-refractivity contribution in [3.8, 4) is 10.6 Å². The Labute approximate surface area is 105 Å². The molecule has 0 unspecified atom stereocenters. The minimum absolute atomic E-state index is 0.0418. The van der Waals surface area contributed by atoms with Crippen LogP contribution >= 0.6 is 11.3 Å². The molecular formula is C11H8N4O2S. The molecule has 18 heavy (non-hydrogen) atoms. The Morgan fingerprint density at radius 1 is 1.50 bits per heavy atom. The second kappa shape index (κ2) is 3.81. The van der Waals surface area contributed by atoms with E-state index >= 15 is 0 Å². The zero-order valence-electron chi connectivity index (χ0n) is 9.07. The number of carbonyl (C=O) groups is 1. The molecule has 0 aliphatic rings. The quantitative estimate of drug-likeness (QED) is 0.732. The third kappa shape index (κ3) is 1.52. The molecular weight excluding hydrogens is 252 g/mol. The zero-order chi connectivity index (χ0) is 12.7. The molecule has 0 bridgehead atoms. The van der Waals surface area contributed by atoms with Crippen molar-refractivity contribution >= 4 is 28.8 Å². The second-order valence-corrected chi connectivity index (χ2v) is 4.59. The van der Waals surface area contributed by atoms with Crippen LogP contribution in [0, 0.1) is 0 Å². The van der Waals surface area contributed by atoms with Crippen LogP contribution < -0.4 is 5.73 Å². The van der Waals surface area contributed by atoms with E-state index in [-0.39, 0.29) is 11.2 Å². The molecule has 0 aromatic carbocycles. The molecule has 90 valence electrons. The van der Waals surface area contributed by atoms with Crippen molar-refractivity contribution in [3.63, 3.8) is 0 Å². The van der Waals surface area contributed by atoms with Crippen molar-refractivity contribution in [2.24, 2.45) is 0 Å². The standard InChI is InChI=1S/C11H8N4O2S/c12-9-4-7(8-2-1-3-18-8)14-10-6(11(16)17)5-13-15(9)10/h1-5H,12H2,(H,16,17). The lowest BCUT2D eigenvalue weighted by Crippen LogP contribution is -2.03. The van der Waals surface area contributed by atoms with Crippen molar-refractivity contribution in [3.05, 3.63) is 35.3 Å². The number of carboxylic acids is 1. The maximum absolute atomic E-state index is 11.1. The fraction of sp³-hybridized carbons (Fsp3) is 0. The number of nitrogen functional groups attached to an aromatic ring is 1. The maximum Gasteiger partial charge on any atom is 0.341 e. The number of carboxylic acid groups (broad SMARTS) is 1. The highest BCUT2D eigenvalue weighted by Gasteiger charge is 2.15. The van der Waals surface area contributed by atoms with E-state index in [0.29, 0.717) is 11.5 Å². The largest absolute Gasteiger partial charge is 0.477 e. The van der Waals surface area contributed by atoms with E-state index in [1.165, 1.54) is 22.0 Å². The average Bonchev–Trinajstić information content (AvgIpc) is 2.97. The molecule has 0 aliphatic heterocycles. The minimum atomic E-state index is -1.07. The summed E-state index contributed by atoms with van der Waals surface area (Å²) in [5, 5.41) is 14.9. The Bertz CT molecular complexity index is 733. The molecule has 0 saturated carbocycles. The van der Waals surface area contributed by atoms with Crippen molar-refractivity contribution < 1.29 is 9.90 Å². The topological polar surface area (TPSA) is 93.5 Å². The third-order valence-electron chi connectivity index (χ3n) is 2.50. The molecule has 0 atom stereocenters. The Morgan fingerprint density at radius 2 is 2.33 bits per heavy atom. The number of aromatic carboxylic acids is 1. The molecule has 0 fully saturated rings. The van der Waals surface area contributed by atoms with Gasteiger partial charge in [0.05, 0.1) is 16.8 Å². The monoisotopic (exact) mass is 260 g/mol. The summed E-state index contributed by atoms with van der Waals surface area (Å²) in [6.07, 6.45) is 1.25. The van der Waals surface area contributed by atoms with Crippen molar-refractivity contribution in [1.82, 2.24) is 14.6 Å². The Morgan fingerprint density at radius 3 is 3.00 bits per heavy atom. The van der Waals surface area contributed by atoms with E-state index in [1.54, 1.807) is 6.07 Å². The van der Waals surface area contributed by atoms with Crippen LogP contribution in [-0.4, -0.2) is 25.7 Å². The SMILES string of the molecule is Nc1cc(-c2cccs2)nc2c(C(=O)O)cnn12. The summed E-state index contributed by atoms with van der Waals surface area (Å²) in [5.74, 6) is -0.712. The summed E-state index contributed by atoms with van der Waals surface area (Å²) in [7, 11) is 0. The van der Waals surface area contributed by atoms with Gasteiger partial charge in [0.1, 0.15) is 11.4 Å². The molecule has 3 heterocycles. The number of hydrogen-bond acceptors (Lipinski definition) is 5. The van der Waals surface area contributed by atoms with Gasteiger partial charge >= 0.3 is 5.97 Å². The van der Waals surface area contributed by atoms with Crippen LogP contribution in [0.25, 0.3) is 16.2 Å². The smallest absolute Gasteiger partial charge is 0.341 e. The molecule has 3 N–H and O–H groups in total. The number of nitrogens with two attached hydrogens (primary N) is 1. The first-order chi connectivity index (χ1) is 8.66. The number of thiophene rings is 1. The highest BCUT2D eigenvalue weighted by Crippen LogP contribution is 2.25. The normalized spacial score (nSPS) is 10.9. The summed E-state index contributed by atoms with van der Waals surface area (Å²) in [6.45, 7) is 0. The summed E-state index contributed by atoms with van der Waals surface area (Å²) in [6, 6.07) is 5.48. The molecule has 7 heteroatoms. The molecule has 0 aliphatic carbocycles. The zero-order valence-corrected chi connectivity index (χ0v) is 9.89. The van der Waals surface area contributed by atoms with Gasteiger partial charge in [0, 0.05) is 6.07 Å². The number of nitrogens with zero attached hydrogens (tertiary/aromatic N) is 3. The lowest BCUT2D eigenvalue weighted by molar-refractivity contribution is 0.0699. The van der Waals surface area contributed by atoms with E-state index in [2.05, 4.69) is 10.1 Å². The van der Waals surface area contributed by atoms with Crippen LogP contribution in [-0.2, 0) is 0 Å². The molecule has 0 saturated heterocycles. The summed E-state index contributed by atoms with van der Waals surface area (Å²) < 4.78 is 1.32. The van der Waals surface area contributed by atoms with Gasteiger partial charge in [0.2, 0.25) is 0 Å². The predicted octanol–water partition coefficient (Wildman–Crippen LogP) is 1.74. The number of rotatable bonds is 2. The van der Waals surface area contributed by atoms with E-state index < -0.39 is 5.97 Å². The fourth-order valence-corrected chi connectivity index (χ4v) is 2.37. The first-order valence-electron chi connectivity index (χ1n) is 5.08. The van der Waals surface area contributed by atoms with Crippen molar-refractivity contribution in [2.75, 3.05) is 5.73 Å². The van der Waals surface area contributed by atoms with Gasteiger partial charge in [-0.15, -0.1) is 11.3 Å². The number of anilines is 1. The van der Waals surface area contributed by atoms with Gasteiger partial charge in [-0.1, -0.05) is 6.07 Å². The van der Waals surface area contributed by atoms with Gasteiger partial charge in [0.25, 0.3) is 0 Å². The van der Waals surface area contributed by atoms with Crippen LogP contribution in [0.5, 0.6) is 0 Å². The van der Waals surface area contributed by atoms with Crippen LogP contribution in [0.1, 0.15) is 10.4 Å². The molecule has 6 nitrogen and oxygen atoms in total. The van der Waals surface area contributed by atoms with E-state index in [4.69, 9.17) is 10.8 Å². The van der Waals surface area contributed by atoms with Gasteiger partial charge in [-0.3, -0.25) is 0 Å². The summed E-state index contributed by atoms with van der Waals surface area (Å²) in [5.41, 5.74) is 6.80. The summed E-state index contributed by atoms with van der Waals surface area (Å²) >= 11 is 1.51. The average molecular weight is 260 g/mol. The minimum Gasteiger partial charge on any atom is -0.477 e. The van der Waals surface area contributed by atoms with Crippen molar-refractivity contribution in [1.29, 1.82) is 0 Å². The van der Waals surface area contributed by atoms with E-state index in [9.17, 15) is 4.79 Å². The highest BCUT2D eigenvalue weighted by molar-refractivity contribution is 7.13. The maximum atomic E-state index is 11.1. The first-order valence-corrected chi connectivity index (χ1v) is 5.96. The van der Waals surface area contributed by atoms with E-state index in [1.807, 2.05) is 17.5 Å². The third-order valence-corrected chi connectivity index (χ3v) is 3.40. The van der Waals surface area contributed by atoms with Crippen LogP contribution in [0.4, 0.5) is 5.82 Å². The van der Waals surface area contributed by atoms with Crippen LogP contribution in [0.2, 0.25) is 0 Å². The van der Waals surface area contributed by atoms with Crippen molar-refractivity contribution in [2.45, 2.75) is 0 Å². The predicted molar refractivity (Wildman–Crippen MR) is 67.7 cm³/mol. The molecule has 3 rings (SSSR count). The van der Waals surface area contributed by atoms with Crippen LogP contribution in [0.15, 0.2) is 29.8 Å². The molecule has 0 amide bonds. The highest BCUT2D eigenvalue weighted by atomic mass is 32.1. The lowest BCUT2D eigenvalue weighted by Gasteiger charge is -2.02. The summed E-state index contributed by atoms with van der Waals surface area (Å²) in [4.78, 5) is 16.3. The van der Waals surface area contributed by atoms with Gasteiger partial charge < -0.3 is 10.8 Å². The Kier molecular flexibility index (Phi) is 2.27. The Hall–Kier alpha value is -2.41. The van der Waals surface area contributed by atoms with Gasteiger partial charge in [0.15, 0.2) is 5.65 Å². The molecule has 3 aromatic rings. The number of fused-ring (bicyclic) bond motifs is 1. The van der Waals surface area contributed by atoms with E-state index in [0.717, 1.165) is 4.88 Å². The van der Waals surface area contributed by atoms with Gasteiger partial charge in [-0.05, 0) is 11.4 Å². The number of aromatic nitrogens is 3. The van der Waals surface area contributed by atoms with Crippen LogP contribution in [0.3, 0.4) is 0 Å². The molecule has 0 spiro atoms. The lowest BCUT2D eigenvalue weighted by atomic mass is 10.3. The Balaban J connectivity index is 2.31.